The van der Waals surface area contributed by atoms with Gasteiger partial charge in [0.1, 0.15) is 0 Å². The fraction of sp³-hybridized carbons (Fsp3) is 0.750. The van der Waals surface area contributed by atoms with Crippen LogP contribution in [0.5, 0.6) is 0 Å². The van der Waals surface area contributed by atoms with Crippen molar-refractivity contribution in [2.75, 3.05) is 0 Å². The van der Waals surface area contributed by atoms with Crippen LogP contribution in [0.1, 0.15) is 27.7 Å². The fourth-order valence-electron chi connectivity index (χ4n) is 0.606. The van der Waals surface area contributed by atoms with Gasteiger partial charge >= 0.3 is 75.4 Å². The summed E-state index contributed by atoms with van der Waals surface area (Å²) in [7, 11) is 0. The molecule has 1 atom stereocenters. The van der Waals surface area contributed by atoms with E-state index in [0.717, 1.165) is 0 Å². The van der Waals surface area contributed by atoms with Crippen molar-refractivity contribution in [3.05, 3.63) is 6.92 Å². The quantitative estimate of drug-likeness (QED) is 0.716. The van der Waals surface area contributed by atoms with Crippen molar-refractivity contribution < 1.29 is 4.79 Å². The van der Waals surface area contributed by atoms with Gasteiger partial charge < -0.3 is 0 Å². The molecule has 0 fully saturated rings. The van der Waals surface area contributed by atoms with E-state index in [2.05, 4.69) is 26.1 Å². The van der Waals surface area contributed by atoms with E-state index in [1.54, 1.807) is 0 Å². The van der Waals surface area contributed by atoms with E-state index < -0.39 is 15.8 Å². The summed E-state index contributed by atoms with van der Waals surface area (Å²) in [5.74, 6) is 0. The second kappa shape index (κ2) is 4.15. The summed E-state index contributed by atoms with van der Waals surface area (Å²) in [4.78, 5) is 11.2. The van der Waals surface area contributed by atoms with Crippen LogP contribution in [-0.2, 0) is 0 Å². The van der Waals surface area contributed by atoms with Crippen LogP contribution in [0.3, 0.4) is 0 Å². The Labute approximate surface area is 75.8 Å². The maximum absolute atomic E-state index is 11.2. The second-order valence-electron chi connectivity index (χ2n) is 3.64. The van der Waals surface area contributed by atoms with Crippen LogP contribution in [0.2, 0.25) is 4.71 Å². The summed E-state index contributed by atoms with van der Waals surface area (Å²) < 4.78 is 0.748. The maximum atomic E-state index is 11.2. The molecule has 2 nitrogen and oxygen atoms in total. The molecule has 65 valence electrons. The van der Waals surface area contributed by atoms with Crippen molar-refractivity contribution in [2.24, 2.45) is 0 Å². The normalized spacial score (nSPS) is 12.9. The van der Waals surface area contributed by atoms with Crippen LogP contribution in [0.4, 0.5) is 4.79 Å². The summed E-state index contributed by atoms with van der Waals surface area (Å²) in [6, 6.07) is 0. The zero-order valence-electron chi connectivity index (χ0n) is 7.69. The standard InChI is InChI=1S/C8H17AsNO/c1-6(2)9-7(11)10-8(3,4)5/h6,9H,3H2,1-2,4-5H3,(H,10,11). The monoisotopic (exact) mass is 218 g/mol. The van der Waals surface area contributed by atoms with Crippen molar-refractivity contribution in [1.82, 2.24) is 5.32 Å². The molecule has 11 heavy (non-hydrogen) atoms. The van der Waals surface area contributed by atoms with E-state index >= 15 is 0 Å². The third-order valence-corrected chi connectivity index (χ3v) is 2.90. The molecular formula is C8H17AsNO. The first-order valence-electron chi connectivity index (χ1n) is 3.75. The van der Waals surface area contributed by atoms with Gasteiger partial charge in [0.2, 0.25) is 0 Å². The SMILES string of the molecule is [CH2]C(C)(C)NC(=O)[AsH]C(C)C. The van der Waals surface area contributed by atoms with E-state index in [-0.39, 0.29) is 10.2 Å². The van der Waals surface area contributed by atoms with Gasteiger partial charge in [0.05, 0.1) is 0 Å². The third kappa shape index (κ3) is 7.93. The number of hydrogen-bond acceptors (Lipinski definition) is 1. The van der Waals surface area contributed by atoms with Gasteiger partial charge in [-0.15, -0.1) is 0 Å². The van der Waals surface area contributed by atoms with Crippen molar-refractivity contribution in [2.45, 2.75) is 37.9 Å². The number of hydrogen-bond donors (Lipinski definition) is 1. The number of nitrogens with one attached hydrogen (secondary N) is 1. The van der Waals surface area contributed by atoms with Gasteiger partial charge in [-0.3, -0.25) is 0 Å². The molecule has 1 amide bonds. The molecule has 0 heterocycles. The molecule has 0 rings (SSSR count). The Hall–Kier alpha value is 0.0284. The predicted molar refractivity (Wildman–Crippen MR) is 50.2 cm³/mol. The van der Waals surface area contributed by atoms with E-state index in [0.29, 0.717) is 4.71 Å². The summed E-state index contributed by atoms with van der Waals surface area (Å²) in [5, 5.41) is 2.86. The summed E-state index contributed by atoms with van der Waals surface area (Å²) in [5.41, 5.74) is -0.310. The summed E-state index contributed by atoms with van der Waals surface area (Å²) >= 11 is -0.481. The number of amides is 1. The Morgan fingerprint density at radius 1 is 1.55 bits per heavy atom. The molecule has 0 saturated carbocycles. The van der Waals surface area contributed by atoms with E-state index in [4.69, 9.17) is 0 Å². The number of carbonyl (C=O) groups excluding carboxylic acids is 1. The first-order chi connectivity index (χ1) is 4.81. The summed E-state index contributed by atoms with van der Waals surface area (Å²) in [6.45, 7) is 11.8. The molecule has 1 unspecified atom stereocenters. The van der Waals surface area contributed by atoms with Gasteiger partial charge in [0, 0.05) is 0 Å². The first-order valence-corrected chi connectivity index (χ1v) is 6.01. The zero-order valence-corrected chi connectivity index (χ0v) is 9.79. The average molecular weight is 218 g/mol. The first kappa shape index (κ1) is 11.0. The molecule has 0 aliphatic heterocycles. The van der Waals surface area contributed by atoms with Crippen molar-refractivity contribution in [3.8, 4) is 0 Å². The molecule has 0 aromatic heterocycles. The molecule has 0 spiro atoms. The van der Waals surface area contributed by atoms with Crippen LogP contribution in [0.25, 0.3) is 0 Å². The van der Waals surface area contributed by atoms with E-state index in [1.807, 2.05) is 13.8 Å². The molecule has 0 aliphatic rings. The molecule has 0 aromatic carbocycles. The minimum atomic E-state index is -0.481. The number of carbonyl (C=O) groups is 1. The topological polar surface area (TPSA) is 29.1 Å². The van der Waals surface area contributed by atoms with Crippen LogP contribution in [0, 0.1) is 6.92 Å². The fourth-order valence-corrected chi connectivity index (χ4v) is 2.57. The molecule has 0 aliphatic carbocycles. The van der Waals surface area contributed by atoms with Crippen LogP contribution >= 0.6 is 0 Å². The Morgan fingerprint density at radius 3 is 2.27 bits per heavy atom. The van der Waals surface area contributed by atoms with E-state index in [1.165, 1.54) is 0 Å². The van der Waals surface area contributed by atoms with Crippen LogP contribution < -0.4 is 5.32 Å². The minimum absolute atomic E-state index is 0.208. The molecule has 3 heteroatoms. The van der Waals surface area contributed by atoms with Crippen molar-refractivity contribution in [1.29, 1.82) is 0 Å². The molecule has 1 radical (unpaired) electrons. The van der Waals surface area contributed by atoms with Crippen molar-refractivity contribution in [3.63, 3.8) is 0 Å². The molecular weight excluding hydrogens is 201 g/mol. The van der Waals surface area contributed by atoms with Gasteiger partial charge in [0.25, 0.3) is 0 Å². The van der Waals surface area contributed by atoms with Gasteiger partial charge in [0.15, 0.2) is 0 Å². The van der Waals surface area contributed by atoms with Crippen LogP contribution in [0.15, 0.2) is 0 Å². The van der Waals surface area contributed by atoms with E-state index in [9.17, 15) is 4.79 Å². The third-order valence-electron chi connectivity index (χ3n) is 0.872. The predicted octanol–water partition coefficient (Wildman–Crippen LogP) is 1.57. The Bertz CT molecular complexity index is 138. The molecule has 1 N–H and O–H groups in total. The van der Waals surface area contributed by atoms with Crippen molar-refractivity contribution >= 4 is 20.4 Å². The van der Waals surface area contributed by atoms with Crippen LogP contribution in [-0.4, -0.2) is 26.0 Å². The number of rotatable bonds is 3. The van der Waals surface area contributed by atoms with Gasteiger partial charge in [-0.1, -0.05) is 0 Å². The average Bonchev–Trinajstić information content (AvgIpc) is 1.53. The van der Waals surface area contributed by atoms with Gasteiger partial charge in [-0.25, -0.2) is 0 Å². The second-order valence-corrected chi connectivity index (χ2v) is 7.62. The molecule has 0 bridgehead atoms. The van der Waals surface area contributed by atoms with Gasteiger partial charge in [-0.2, -0.15) is 0 Å². The Kier molecular flexibility index (Phi) is 4.16. The zero-order chi connectivity index (χ0) is 9.07. The van der Waals surface area contributed by atoms with Gasteiger partial charge in [-0.05, 0) is 0 Å². The molecule has 0 saturated heterocycles. The Morgan fingerprint density at radius 2 is 2.00 bits per heavy atom. The summed E-state index contributed by atoms with van der Waals surface area (Å²) in [6.07, 6.45) is 0. The Balaban J connectivity index is 3.71. The molecule has 0 aromatic rings.